The molecule has 0 saturated heterocycles. The summed E-state index contributed by atoms with van der Waals surface area (Å²) >= 11 is 0. The molecule has 0 spiro atoms. The van der Waals surface area contributed by atoms with Gasteiger partial charge in [0.05, 0.1) is 0 Å². The summed E-state index contributed by atoms with van der Waals surface area (Å²) in [7, 11) is -0.581. The molecular formula is C18H26NSi+. The molecule has 1 aromatic heterocycles. The Morgan fingerprint density at radius 1 is 1.15 bits per heavy atom. The predicted molar refractivity (Wildman–Crippen MR) is 89.6 cm³/mol. The van der Waals surface area contributed by atoms with Crippen LogP contribution in [0.2, 0.25) is 19.6 Å². The Labute approximate surface area is 131 Å². The zero-order valence-electron chi connectivity index (χ0n) is 17.9. The summed E-state index contributed by atoms with van der Waals surface area (Å²) in [6, 6.07) is 11.3. The lowest BCUT2D eigenvalue weighted by atomic mass is 10.0. The van der Waals surface area contributed by atoms with Crippen molar-refractivity contribution in [2.45, 2.75) is 39.4 Å². The van der Waals surface area contributed by atoms with Gasteiger partial charge in [0, 0.05) is 39.0 Å². The quantitative estimate of drug-likeness (QED) is 0.588. The van der Waals surface area contributed by atoms with E-state index in [0.29, 0.717) is 0 Å². The van der Waals surface area contributed by atoms with Crippen LogP contribution in [0.5, 0.6) is 0 Å². The van der Waals surface area contributed by atoms with E-state index in [9.17, 15) is 0 Å². The largest absolute Gasteiger partial charge is 0.212 e. The Balaban J connectivity index is 2.83. The van der Waals surface area contributed by atoms with Gasteiger partial charge in [0.1, 0.15) is 7.05 Å². The Morgan fingerprint density at radius 3 is 2.45 bits per heavy atom. The number of benzene rings is 1. The molecule has 0 atom stereocenters. The molecule has 0 bridgehead atoms. The van der Waals surface area contributed by atoms with Crippen LogP contribution in [-0.2, 0) is 13.0 Å². The van der Waals surface area contributed by atoms with Crippen LogP contribution in [0.3, 0.4) is 0 Å². The van der Waals surface area contributed by atoms with Gasteiger partial charge in [-0.2, -0.15) is 4.57 Å². The third kappa shape index (κ3) is 3.18. The van der Waals surface area contributed by atoms with Gasteiger partial charge in [-0.25, -0.2) is 0 Å². The molecular weight excluding hydrogens is 258 g/mol. The first-order valence-electron chi connectivity index (χ1n) is 9.38. The minimum atomic E-state index is -2.39. The Hall–Kier alpha value is -1.41. The molecule has 2 heteroatoms. The fraction of sp³-hybridized carbons (Fsp3) is 0.389. The van der Waals surface area contributed by atoms with E-state index in [1.807, 2.05) is 56.9 Å². The molecule has 2 aromatic rings. The monoisotopic (exact) mass is 289 g/mol. The Bertz CT molecular complexity index is 791. The van der Waals surface area contributed by atoms with Gasteiger partial charge in [0.25, 0.3) is 0 Å². The number of pyridine rings is 1. The number of hydrogen-bond donors (Lipinski definition) is 0. The molecule has 0 amide bonds. The zero-order chi connectivity index (χ0) is 19.2. The molecule has 0 saturated carbocycles. The van der Waals surface area contributed by atoms with Crippen molar-refractivity contribution >= 4 is 8.07 Å². The Morgan fingerprint density at radius 2 is 1.85 bits per heavy atom. The molecule has 0 unspecified atom stereocenters. The maximum Gasteiger partial charge on any atom is 0.212 e. The van der Waals surface area contributed by atoms with Gasteiger partial charge in [-0.3, -0.25) is 0 Å². The highest BCUT2D eigenvalue weighted by Gasteiger charge is 2.21. The Kier molecular flexibility index (Phi) is 2.63. The number of nitrogens with zero attached hydrogens (tertiary/aromatic N) is 1. The second-order valence-electron chi connectivity index (χ2n) is 6.23. The van der Waals surface area contributed by atoms with Crippen LogP contribution in [-0.4, -0.2) is 8.07 Å². The number of aromatic nitrogens is 1. The van der Waals surface area contributed by atoms with Crippen LogP contribution >= 0.6 is 0 Å². The van der Waals surface area contributed by atoms with Crippen LogP contribution < -0.4 is 4.57 Å². The molecule has 0 fully saturated rings. The molecule has 0 aliphatic carbocycles. The van der Waals surface area contributed by atoms with Crippen molar-refractivity contribution in [2.75, 3.05) is 0 Å². The van der Waals surface area contributed by atoms with E-state index in [1.165, 1.54) is 0 Å². The number of hydrogen-bond acceptors (Lipinski definition) is 0. The molecule has 1 aromatic carbocycles. The van der Waals surface area contributed by atoms with E-state index in [-0.39, 0.29) is 11.3 Å². The molecule has 0 aliphatic heterocycles. The average molecular weight is 290 g/mol. The first kappa shape index (κ1) is 9.51. The summed E-state index contributed by atoms with van der Waals surface area (Å²) in [6.07, 6.45) is 0. The standard InChI is InChI=1S/C18H26NSi/c1-14-9-7-8-10-17(14)18-12-11-16(13-20(4,5)6)15(2)19(18)3/h7-12H,13H2,1-6H3/q+1/i2D3,13D2. The van der Waals surface area contributed by atoms with Crippen LogP contribution in [0.25, 0.3) is 11.3 Å². The van der Waals surface area contributed by atoms with E-state index in [1.54, 1.807) is 17.7 Å². The fourth-order valence-electron chi connectivity index (χ4n) is 2.29. The third-order valence-corrected chi connectivity index (χ3v) is 4.31. The molecule has 0 aliphatic rings. The van der Waals surface area contributed by atoms with Gasteiger partial charge in [-0.15, -0.1) is 0 Å². The second kappa shape index (κ2) is 5.53. The number of rotatable bonds is 3. The van der Waals surface area contributed by atoms with E-state index >= 15 is 0 Å². The molecule has 1 heterocycles. The maximum atomic E-state index is 8.62. The average Bonchev–Trinajstić information content (AvgIpc) is 2.45. The van der Waals surface area contributed by atoms with Crippen molar-refractivity contribution in [1.82, 2.24) is 0 Å². The maximum absolute atomic E-state index is 8.62. The molecule has 0 radical (unpaired) electrons. The van der Waals surface area contributed by atoms with Crippen molar-refractivity contribution in [3.05, 3.63) is 53.2 Å². The lowest BCUT2D eigenvalue weighted by Crippen LogP contribution is -2.37. The lowest BCUT2D eigenvalue weighted by molar-refractivity contribution is -0.667. The van der Waals surface area contributed by atoms with E-state index in [0.717, 1.165) is 16.8 Å². The first-order valence-corrected chi connectivity index (χ1v) is 10.4. The van der Waals surface area contributed by atoms with Gasteiger partial charge in [-0.05, 0) is 30.6 Å². The fourth-order valence-corrected chi connectivity index (χ4v) is 3.30. The molecule has 1 nitrogen and oxygen atoms in total. The van der Waals surface area contributed by atoms with Crippen molar-refractivity contribution in [3.63, 3.8) is 0 Å². The van der Waals surface area contributed by atoms with Gasteiger partial charge in [-0.1, -0.05) is 37.8 Å². The first-order chi connectivity index (χ1) is 11.3. The second-order valence-corrected chi connectivity index (χ2v) is 11.0. The van der Waals surface area contributed by atoms with Gasteiger partial charge in [0.15, 0.2) is 5.69 Å². The van der Waals surface area contributed by atoms with Crippen molar-refractivity contribution in [1.29, 1.82) is 0 Å². The molecule has 106 valence electrons. The summed E-state index contributed by atoms with van der Waals surface area (Å²) in [5, 5.41) is 0. The topological polar surface area (TPSA) is 3.88 Å². The smallest absolute Gasteiger partial charge is 0.198 e. The van der Waals surface area contributed by atoms with Crippen LogP contribution in [0, 0.1) is 13.8 Å². The highest BCUT2D eigenvalue weighted by Crippen LogP contribution is 2.22. The zero-order valence-corrected chi connectivity index (χ0v) is 13.9. The summed E-state index contributed by atoms with van der Waals surface area (Å²) in [5.74, 6) is -1.64. The summed E-state index contributed by atoms with van der Waals surface area (Å²) in [5.41, 5.74) is 3.15. The minimum absolute atomic E-state index is 0.0840. The summed E-state index contributed by atoms with van der Waals surface area (Å²) in [6.45, 7) is 5.36. The van der Waals surface area contributed by atoms with Gasteiger partial charge in [0.2, 0.25) is 5.69 Å². The lowest BCUT2D eigenvalue weighted by Gasteiger charge is -2.17. The van der Waals surface area contributed by atoms with Crippen LogP contribution in [0.1, 0.15) is 23.7 Å². The highest BCUT2D eigenvalue weighted by atomic mass is 28.3. The minimum Gasteiger partial charge on any atom is -0.198 e. The summed E-state index contributed by atoms with van der Waals surface area (Å²) in [4.78, 5) is 0. The van der Waals surface area contributed by atoms with Gasteiger partial charge < -0.3 is 0 Å². The van der Waals surface area contributed by atoms with Crippen LogP contribution in [0.4, 0.5) is 0 Å². The normalized spacial score (nSPS) is 16.8. The van der Waals surface area contributed by atoms with E-state index in [2.05, 4.69) is 0 Å². The summed E-state index contributed by atoms with van der Waals surface area (Å²) < 4.78 is 42.9. The third-order valence-electron chi connectivity index (χ3n) is 3.29. The van der Waals surface area contributed by atoms with Crippen molar-refractivity contribution in [3.8, 4) is 11.3 Å². The van der Waals surface area contributed by atoms with E-state index in [4.69, 9.17) is 6.85 Å². The highest BCUT2D eigenvalue weighted by molar-refractivity contribution is 6.75. The van der Waals surface area contributed by atoms with Crippen molar-refractivity contribution in [2.24, 2.45) is 7.05 Å². The van der Waals surface area contributed by atoms with Gasteiger partial charge >= 0.3 is 0 Å². The molecule has 0 N–H and O–H groups in total. The number of aryl methyl sites for hydroxylation is 1. The van der Waals surface area contributed by atoms with Crippen LogP contribution in [0.15, 0.2) is 36.4 Å². The molecule has 2 rings (SSSR count). The van der Waals surface area contributed by atoms with E-state index < -0.39 is 20.9 Å². The SMILES string of the molecule is [2H]C([2H])([2H])c1c(C([2H])([2H])[Si](C)(C)C)ccc(-c2ccccc2C)[n+]1C. The molecule has 20 heavy (non-hydrogen) atoms. The van der Waals surface area contributed by atoms with Crippen molar-refractivity contribution < 1.29 is 11.4 Å². The predicted octanol–water partition coefficient (Wildman–Crippen LogP) is 4.21.